The Hall–Kier alpha value is -1.68. The van der Waals surface area contributed by atoms with Crippen LogP contribution in [-0.4, -0.2) is 11.9 Å². The zero-order valence-electron chi connectivity index (χ0n) is 11.2. The SMILES string of the molecule is Cc1ccc(OC(C)C(=O)c2ccc(F)cc2)c(Br)c1. The van der Waals surface area contributed by atoms with Gasteiger partial charge in [0.2, 0.25) is 5.78 Å². The van der Waals surface area contributed by atoms with Crippen molar-refractivity contribution in [2.24, 2.45) is 0 Å². The lowest BCUT2D eigenvalue weighted by atomic mass is 10.1. The third-order valence-corrected chi connectivity index (χ3v) is 3.51. The minimum Gasteiger partial charge on any atom is -0.481 e. The van der Waals surface area contributed by atoms with Crippen LogP contribution in [0, 0.1) is 12.7 Å². The van der Waals surface area contributed by atoms with Crippen molar-refractivity contribution in [1.29, 1.82) is 0 Å². The number of aryl methyl sites for hydroxylation is 1. The quantitative estimate of drug-likeness (QED) is 0.766. The summed E-state index contributed by atoms with van der Waals surface area (Å²) < 4.78 is 19.3. The van der Waals surface area contributed by atoms with E-state index in [-0.39, 0.29) is 11.6 Å². The molecule has 0 spiro atoms. The molecule has 1 atom stereocenters. The zero-order valence-corrected chi connectivity index (χ0v) is 12.8. The molecule has 2 rings (SSSR count). The Labute approximate surface area is 125 Å². The summed E-state index contributed by atoms with van der Waals surface area (Å²) in [6.45, 7) is 3.65. The fraction of sp³-hybridized carbons (Fsp3) is 0.188. The molecule has 0 aliphatic carbocycles. The highest BCUT2D eigenvalue weighted by Crippen LogP contribution is 2.27. The van der Waals surface area contributed by atoms with Crippen LogP contribution >= 0.6 is 15.9 Å². The second kappa shape index (κ2) is 6.18. The lowest BCUT2D eigenvalue weighted by molar-refractivity contribution is 0.0817. The van der Waals surface area contributed by atoms with Gasteiger partial charge in [-0.15, -0.1) is 0 Å². The minimum atomic E-state index is -0.639. The van der Waals surface area contributed by atoms with E-state index in [1.165, 1.54) is 24.3 Å². The molecule has 0 aromatic heterocycles. The van der Waals surface area contributed by atoms with Crippen LogP contribution in [0.25, 0.3) is 0 Å². The molecular formula is C16H14BrFO2. The second-order valence-electron chi connectivity index (χ2n) is 4.57. The van der Waals surface area contributed by atoms with E-state index in [0.29, 0.717) is 11.3 Å². The van der Waals surface area contributed by atoms with Crippen LogP contribution in [0.15, 0.2) is 46.9 Å². The molecule has 0 aliphatic rings. The average Bonchev–Trinajstić information content (AvgIpc) is 2.42. The summed E-state index contributed by atoms with van der Waals surface area (Å²) in [5, 5.41) is 0. The Morgan fingerprint density at radius 2 is 1.85 bits per heavy atom. The Bertz CT molecular complexity index is 623. The number of hydrogen-bond acceptors (Lipinski definition) is 2. The predicted octanol–water partition coefficient (Wildman–Crippen LogP) is 4.55. The molecule has 2 aromatic rings. The highest BCUT2D eigenvalue weighted by atomic mass is 79.9. The highest BCUT2D eigenvalue weighted by Gasteiger charge is 2.18. The van der Waals surface area contributed by atoms with Crippen LogP contribution < -0.4 is 4.74 Å². The molecule has 1 unspecified atom stereocenters. The van der Waals surface area contributed by atoms with Crippen LogP contribution in [0.3, 0.4) is 0 Å². The van der Waals surface area contributed by atoms with Gasteiger partial charge in [-0.2, -0.15) is 0 Å². The fourth-order valence-corrected chi connectivity index (χ4v) is 2.38. The monoisotopic (exact) mass is 336 g/mol. The Balaban J connectivity index is 2.13. The van der Waals surface area contributed by atoms with E-state index in [1.807, 2.05) is 25.1 Å². The minimum absolute atomic E-state index is 0.183. The summed E-state index contributed by atoms with van der Waals surface area (Å²) in [4.78, 5) is 12.2. The van der Waals surface area contributed by atoms with Crippen molar-refractivity contribution in [3.63, 3.8) is 0 Å². The van der Waals surface area contributed by atoms with Gasteiger partial charge in [0, 0.05) is 5.56 Å². The number of Topliss-reactive ketones (excluding diaryl/α,β-unsaturated/α-hetero) is 1. The number of hydrogen-bond donors (Lipinski definition) is 0. The predicted molar refractivity (Wildman–Crippen MR) is 79.7 cm³/mol. The summed E-state index contributed by atoms with van der Waals surface area (Å²) in [5.74, 6) is 0.0624. The standard InChI is InChI=1S/C16H14BrFO2/c1-10-3-8-15(14(17)9-10)20-11(2)16(19)12-4-6-13(18)7-5-12/h3-9,11H,1-2H3. The number of halogens is 2. The van der Waals surface area contributed by atoms with Crippen molar-refractivity contribution < 1.29 is 13.9 Å². The van der Waals surface area contributed by atoms with Crippen LogP contribution in [0.4, 0.5) is 4.39 Å². The summed E-state index contributed by atoms with van der Waals surface area (Å²) in [5.41, 5.74) is 1.53. The number of ether oxygens (including phenoxy) is 1. The lowest BCUT2D eigenvalue weighted by Crippen LogP contribution is -2.24. The van der Waals surface area contributed by atoms with Crippen molar-refractivity contribution >= 4 is 21.7 Å². The first-order valence-electron chi connectivity index (χ1n) is 6.20. The number of carbonyl (C=O) groups excluding carboxylic acids is 1. The van der Waals surface area contributed by atoms with Crippen molar-refractivity contribution in [1.82, 2.24) is 0 Å². The van der Waals surface area contributed by atoms with E-state index in [1.54, 1.807) is 6.92 Å². The molecule has 0 aliphatic heterocycles. The van der Waals surface area contributed by atoms with Crippen LogP contribution in [0.2, 0.25) is 0 Å². The first kappa shape index (κ1) is 14.7. The van der Waals surface area contributed by atoms with Gasteiger partial charge in [-0.05, 0) is 71.7 Å². The molecule has 0 radical (unpaired) electrons. The maximum atomic E-state index is 12.8. The summed E-state index contributed by atoms with van der Waals surface area (Å²) in [6, 6.07) is 11.1. The Morgan fingerprint density at radius 1 is 1.20 bits per heavy atom. The number of benzene rings is 2. The summed E-state index contributed by atoms with van der Waals surface area (Å²) in [7, 11) is 0. The molecule has 0 N–H and O–H groups in total. The number of ketones is 1. The molecule has 4 heteroatoms. The van der Waals surface area contributed by atoms with E-state index in [2.05, 4.69) is 15.9 Å². The normalized spacial score (nSPS) is 12.0. The molecule has 2 nitrogen and oxygen atoms in total. The molecule has 0 heterocycles. The number of carbonyl (C=O) groups is 1. The molecule has 0 fully saturated rings. The van der Waals surface area contributed by atoms with Gasteiger partial charge < -0.3 is 4.74 Å². The van der Waals surface area contributed by atoms with Gasteiger partial charge >= 0.3 is 0 Å². The van der Waals surface area contributed by atoms with E-state index in [9.17, 15) is 9.18 Å². The topological polar surface area (TPSA) is 26.3 Å². The Morgan fingerprint density at radius 3 is 2.45 bits per heavy atom. The molecule has 0 saturated heterocycles. The molecule has 104 valence electrons. The van der Waals surface area contributed by atoms with Crippen LogP contribution in [0.5, 0.6) is 5.75 Å². The van der Waals surface area contributed by atoms with Gasteiger partial charge in [-0.1, -0.05) is 6.07 Å². The second-order valence-corrected chi connectivity index (χ2v) is 5.42. The van der Waals surface area contributed by atoms with Gasteiger partial charge in [0.25, 0.3) is 0 Å². The average molecular weight is 337 g/mol. The highest BCUT2D eigenvalue weighted by molar-refractivity contribution is 9.10. The third kappa shape index (κ3) is 3.45. The van der Waals surface area contributed by atoms with E-state index in [4.69, 9.17) is 4.74 Å². The lowest BCUT2D eigenvalue weighted by Gasteiger charge is -2.15. The molecule has 0 saturated carbocycles. The zero-order chi connectivity index (χ0) is 14.7. The van der Waals surface area contributed by atoms with Crippen LogP contribution in [0.1, 0.15) is 22.8 Å². The molecule has 20 heavy (non-hydrogen) atoms. The summed E-state index contributed by atoms with van der Waals surface area (Å²) >= 11 is 3.40. The van der Waals surface area contributed by atoms with Crippen molar-refractivity contribution in [3.05, 3.63) is 63.9 Å². The smallest absolute Gasteiger partial charge is 0.202 e. The largest absolute Gasteiger partial charge is 0.481 e. The van der Waals surface area contributed by atoms with Gasteiger partial charge in [-0.3, -0.25) is 4.79 Å². The molecular weight excluding hydrogens is 323 g/mol. The Kier molecular flexibility index (Phi) is 4.55. The number of rotatable bonds is 4. The first-order valence-corrected chi connectivity index (χ1v) is 6.99. The maximum Gasteiger partial charge on any atom is 0.202 e. The van der Waals surface area contributed by atoms with E-state index in [0.717, 1.165) is 10.0 Å². The molecule has 2 aromatic carbocycles. The van der Waals surface area contributed by atoms with Gasteiger partial charge in [-0.25, -0.2) is 4.39 Å². The van der Waals surface area contributed by atoms with Gasteiger partial charge in [0.05, 0.1) is 4.47 Å². The first-order chi connectivity index (χ1) is 9.47. The molecule has 0 amide bonds. The van der Waals surface area contributed by atoms with Crippen molar-refractivity contribution in [3.8, 4) is 5.75 Å². The molecule has 0 bridgehead atoms. The maximum absolute atomic E-state index is 12.8. The van der Waals surface area contributed by atoms with Gasteiger partial charge in [0.15, 0.2) is 6.10 Å². The summed E-state index contributed by atoms with van der Waals surface area (Å²) in [6.07, 6.45) is -0.639. The van der Waals surface area contributed by atoms with Crippen LogP contribution in [-0.2, 0) is 0 Å². The van der Waals surface area contributed by atoms with Gasteiger partial charge in [0.1, 0.15) is 11.6 Å². The fourth-order valence-electron chi connectivity index (χ4n) is 1.79. The third-order valence-electron chi connectivity index (χ3n) is 2.89. The van der Waals surface area contributed by atoms with Crippen molar-refractivity contribution in [2.45, 2.75) is 20.0 Å². The van der Waals surface area contributed by atoms with E-state index >= 15 is 0 Å². The van der Waals surface area contributed by atoms with Crippen molar-refractivity contribution in [2.75, 3.05) is 0 Å². The van der Waals surface area contributed by atoms with E-state index < -0.39 is 6.10 Å².